The first-order chi connectivity index (χ1) is 13.3. The Balaban J connectivity index is 1.31. The van der Waals surface area contributed by atoms with E-state index < -0.39 is 0 Å². The number of carbonyl (C=O) groups is 1. The zero-order valence-electron chi connectivity index (χ0n) is 15.5. The Morgan fingerprint density at radius 3 is 2.22 bits per heavy atom. The van der Waals surface area contributed by atoms with Crippen LogP contribution in [0.1, 0.15) is 32.5 Å². The molecule has 0 aromatic heterocycles. The van der Waals surface area contributed by atoms with E-state index >= 15 is 0 Å². The molecule has 2 fully saturated rings. The quantitative estimate of drug-likeness (QED) is 0.756. The Labute approximate surface area is 170 Å². The Hall–Kier alpha value is -1.43. The maximum Gasteiger partial charge on any atom is 0.253 e. The second-order valence-corrected chi connectivity index (χ2v) is 9.83. The lowest BCUT2D eigenvalue weighted by Crippen LogP contribution is -2.48. The van der Waals surface area contributed by atoms with Gasteiger partial charge in [0.2, 0.25) is 0 Å². The van der Waals surface area contributed by atoms with Gasteiger partial charge in [0.15, 0.2) is 0 Å². The van der Waals surface area contributed by atoms with Crippen LogP contribution in [0.3, 0.4) is 0 Å². The summed E-state index contributed by atoms with van der Waals surface area (Å²) >= 11 is 4.04. The van der Waals surface area contributed by atoms with Crippen molar-refractivity contribution in [2.45, 2.75) is 17.5 Å². The van der Waals surface area contributed by atoms with E-state index in [2.05, 4.69) is 47.4 Å². The molecule has 0 unspecified atom stereocenters. The van der Waals surface area contributed by atoms with Gasteiger partial charge in [0.25, 0.3) is 5.91 Å². The van der Waals surface area contributed by atoms with Crippen LogP contribution < -0.4 is 0 Å². The van der Waals surface area contributed by atoms with Crippen molar-refractivity contribution in [1.82, 2.24) is 9.80 Å². The maximum atomic E-state index is 12.8. The number of carbonyl (C=O) groups excluding carboxylic acids is 1. The fourth-order valence-electron chi connectivity index (χ4n) is 3.60. The highest BCUT2D eigenvalue weighted by molar-refractivity contribution is 8.16. The van der Waals surface area contributed by atoms with Gasteiger partial charge >= 0.3 is 0 Å². The molecule has 0 aliphatic carbocycles. The highest BCUT2D eigenvalue weighted by Gasteiger charge is 2.23. The summed E-state index contributed by atoms with van der Waals surface area (Å²) < 4.78 is 0.532. The van der Waals surface area contributed by atoms with Gasteiger partial charge in [-0.2, -0.15) is 0 Å². The van der Waals surface area contributed by atoms with Crippen LogP contribution in [0.15, 0.2) is 54.6 Å². The molecule has 4 rings (SSSR count). The third-order valence-corrected chi connectivity index (χ3v) is 8.18. The number of rotatable bonds is 4. The number of piperazine rings is 1. The summed E-state index contributed by atoms with van der Waals surface area (Å²) in [7, 11) is 0. The van der Waals surface area contributed by atoms with Crippen LogP contribution in [0.25, 0.3) is 0 Å². The molecule has 0 atom stereocenters. The predicted molar refractivity (Wildman–Crippen MR) is 116 cm³/mol. The Kier molecular flexibility index (Phi) is 6.43. The van der Waals surface area contributed by atoms with Crippen molar-refractivity contribution in [3.8, 4) is 0 Å². The predicted octanol–water partition coefficient (Wildman–Crippen LogP) is 4.51. The van der Waals surface area contributed by atoms with E-state index in [1.54, 1.807) is 0 Å². The Bertz CT molecular complexity index is 737. The van der Waals surface area contributed by atoms with Crippen LogP contribution in [0.4, 0.5) is 0 Å². The molecule has 5 heteroatoms. The molecule has 2 aliphatic rings. The number of hydrogen-bond acceptors (Lipinski definition) is 4. The average molecular weight is 399 g/mol. The number of thioether (sulfide) groups is 2. The van der Waals surface area contributed by atoms with E-state index in [0.717, 1.165) is 38.3 Å². The fourth-order valence-corrected chi connectivity index (χ4v) is 6.49. The monoisotopic (exact) mass is 398 g/mol. The summed E-state index contributed by atoms with van der Waals surface area (Å²) in [6.07, 6.45) is 1.30. The second kappa shape index (κ2) is 9.18. The first-order valence-electron chi connectivity index (χ1n) is 9.68. The third-order valence-electron chi connectivity index (χ3n) is 5.17. The van der Waals surface area contributed by atoms with E-state index in [9.17, 15) is 4.79 Å². The largest absolute Gasteiger partial charge is 0.336 e. The molecule has 0 spiro atoms. The second-order valence-electron chi connectivity index (χ2n) is 7.10. The number of nitrogens with zero attached hydrogens (tertiary/aromatic N) is 2. The van der Waals surface area contributed by atoms with Crippen LogP contribution in [0, 0.1) is 0 Å². The van der Waals surface area contributed by atoms with Crippen molar-refractivity contribution in [3.05, 3.63) is 71.3 Å². The van der Waals surface area contributed by atoms with Crippen LogP contribution >= 0.6 is 23.5 Å². The standard InChI is InChI=1S/C22H26N2OS2/c25-21(19-7-9-20(10-8-19)22-26-15-4-16-27-22)24-13-11-23(12-14-24)17-18-5-2-1-3-6-18/h1-3,5-10,22H,4,11-17H2. The summed E-state index contributed by atoms with van der Waals surface area (Å²) in [5.41, 5.74) is 3.50. The summed E-state index contributed by atoms with van der Waals surface area (Å²) in [5, 5.41) is 0. The molecule has 2 aromatic rings. The molecule has 2 aliphatic heterocycles. The first kappa shape index (κ1) is 18.9. The van der Waals surface area contributed by atoms with E-state index in [4.69, 9.17) is 0 Å². The fraction of sp³-hybridized carbons (Fsp3) is 0.409. The van der Waals surface area contributed by atoms with Crippen molar-refractivity contribution in [3.63, 3.8) is 0 Å². The van der Waals surface area contributed by atoms with Gasteiger partial charge in [-0.25, -0.2) is 0 Å². The van der Waals surface area contributed by atoms with Gasteiger partial charge in [-0.1, -0.05) is 42.5 Å². The van der Waals surface area contributed by atoms with Gasteiger partial charge in [-0.3, -0.25) is 9.69 Å². The van der Waals surface area contributed by atoms with Crippen molar-refractivity contribution in [2.75, 3.05) is 37.7 Å². The molecule has 0 radical (unpaired) electrons. The summed E-state index contributed by atoms with van der Waals surface area (Å²) in [4.78, 5) is 17.3. The van der Waals surface area contributed by atoms with Crippen LogP contribution in [0.5, 0.6) is 0 Å². The topological polar surface area (TPSA) is 23.6 Å². The van der Waals surface area contributed by atoms with Gasteiger partial charge < -0.3 is 4.90 Å². The average Bonchev–Trinajstić information content (AvgIpc) is 2.75. The number of hydrogen-bond donors (Lipinski definition) is 0. The van der Waals surface area contributed by atoms with Gasteiger partial charge in [-0.15, -0.1) is 23.5 Å². The summed E-state index contributed by atoms with van der Waals surface area (Å²) in [5.74, 6) is 2.65. The van der Waals surface area contributed by atoms with E-state index in [1.807, 2.05) is 40.6 Å². The molecule has 27 heavy (non-hydrogen) atoms. The maximum absolute atomic E-state index is 12.8. The summed E-state index contributed by atoms with van der Waals surface area (Å²) in [6.45, 7) is 4.46. The van der Waals surface area contributed by atoms with E-state index in [1.165, 1.54) is 29.1 Å². The molecular weight excluding hydrogens is 372 g/mol. The van der Waals surface area contributed by atoms with E-state index in [-0.39, 0.29) is 5.91 Å². The number of benzene rings is 2. The Morgan fingerprint density at radius 1 is 0.889 bits per heavy atom. The van der Waals surface area contributed by atoms with Crippen LogP contribution in [-0.2, 0) is 6.54 Å². The van der Waals surface area contributed by atoms with Gasteiger partial charge in [0.1, 0.15) is 0 Å². The first-order valence-corrected chi connectivity index (χ1v) is 11.8. The molecule has 0 N–H and O–H groups in total. The molecule has 0 bridgehead atoms. The zero-order chi connectivity index (χ0) is 18.5. The van der Waals surface area contributed by atoms with E-state index in [0.29, 0.717) is 4.58 Å². The van der Waals surface area contributed by atoms with Crippen molar-refractivity contribution >= 4 is 29.4 Å². The lowest BCUT2D eigenvalue weighted by atomic mass is 10.1. The minimum absolute atomic E-state index is 0.171. The zero-order valence-corrected chi connectivity index (χ0v) is 17.2. The minimum Gasteiger partial charge on any atom is -0.336 e. The van der Waals surface area contributed by atoms with Gasteiger partial charge in [0.05, 0.1) is 4.58 Å². The molecule has 3 nitrogen and oxygen atoms in total. The van der Waals surface area contributed by atoms with Crippen LogP contribution in [-0.4, -0.2) is 53.4 Å². The van der Waals surface area contributed by atoms with Crippen molar-refractivity contribution in [1.29, 1.82) is 0 Å². The SMILES string of the molecule is O=C(c1ccc(C2SCCCS2)cc1)N1CCN(Cc2ccccc2)CC1. The molecule has 1 amide bonds. The molecule has 0 saturated carbocycles. The lowest BCUT2D eigenvalue weighted by molar-refractivity contribution is 0.0628. The van der Waals surface area contributed by atoms with Gasteiger partial charge in [-0.05, 0) is 41.2 Å². The highest BCUT2D eigenvalue weighted by atomic mass is 32.2. The van der Waals surface area contributed by atoms with Crippen LogP contribution in [0.2, 0.25) is 0 Å². The minimum atomic E-state index is 0.171. The molecular formula is C22H26N2OS2. The van der Waals surface area contributed by atoms with Crippen molar-refractivity contribution in [2.24, 2.45) is 0 Å². The molecule has 2 heterocycles. The molecule has 142 valence electrons. The molecule has 2 saturated heterocycles. The third kappa shape index (κ3) is 4.89. The lowest BCUT2D eigenvalue weighted by Gasteiger charge is -2.34. The van der Waals surface area contributed by atoms with Crippen molar-refractivity contribution < 1.29 is 4.79 Å². The summed E-state index contributed by atoms with van der Waals surface area (Å²) in [6, 6.07) is 18.9. The number of amides is 1. The smallest absolute Gasteiger partial charge is 0.253 e. The van der Waals surface area contributed by atoms with Gasteiger partial charge in [0, 0.05) is 38.3 Å². The Morgan fingerprint density at radius 2 is 1.56 bits per heavy atom. The molecule has 2 aromatic carbocycles. The highest BCUT2D eigenvalue weighted by Crippen LogP contribution is 2.43. The normalized spacial score (nSPS) is 19.2.